The highest BCUT2D eigenvalue weighted by Crippen LogP contribution is 2.17. The SMILES string of the molecule is CC(NCCC1CCOC1)c1ccoc1. The van der Waals surface area contributed by atoms with Crippen molar-refractivity contribution in [3.05, 3.63) is 24.2 Å². The molecule has 2 rings (SSSR count). The third kappa shape index (κ3) is 3.08. The highest BCUT2D eigenvalue weighted by Gasteiger charge is 2.15. The number of rotatable bonds is 5. The second kappa shape index (κ2) is 5.33. The van der Waals surface area contributed by atoms with Gasteiger partial charge in [-0.15, -0.1) is 0 Å². The van der Waals surface area contributed by atoms with Crippen LogP contribution in [0.1, 0.15) is 31.4 Å². The van der Waals surface area contributed by atoms with Crippen molar-refractivity contribution < 1.29 is 9.15 Å². The number of nitrogens with one attached hydrogen (secondary N) is 1. The van der Waals surface area contributed by atoms with Gasteiger partial charge >= 0.3 is 0 Å². The summed E-state index contributed by atoms with van der Waals surface area (Å²) in [6.07, 6.45) is 5.96. The van der Waals surface area contributed by atoms with Crippen LogP contribution in [0.3, 0.4) is 0 Å². The molecule has 0 aromatic carbocycles. The topological polar surface area (TPSA) is 34.4 Å². The molecule has 1 aliphatic rings. The van der Waals surface area contributed by atoms with Crippen molar-refractivity contribution in [1.82, 2.24) is 5.32 Å². The van der Waals surface area contributed by atoms with Crippen molar-refractivity contribution in [2.24, 2.45) is 5.92 Å². The predicted molar refractivity (Wildman–Crippen MR) is 58.7 cm³/mol. The van der Waals surface area contributed by atoms with Gasteiger partial charge in [0.2, 0.25) is 0 Å². The molecule has 2 heterocycles. The minimum atomic E-state index is 0.381. The highest BCUT2D eigenvalue weighted by atomic mass is 16.5. The van der Waals surface area contributed by atoms with Gasteiger partial charge in [0.05, 0.1) is 12.5 Å². The van der Waals surface area contributed by atoms with E-state index in [2.05, 4.69) is 12.2 Å². The van der Waals surface area contributed by atoms with Crippen LogP contribution in [0.5, 0.6) is 0 Å². The fraction of sp³-hybridized carbons (Fsp3) is 0.667. The second-order valence-corrected chi connectivity index (χ2v) is 4.25. The molecular formula is C12H19NO2. The van der Waals surface area contributed by atoms with Crippen molar-refractivity contribution in [3.8, 4) is 0 Å². The van der Waals surface area contributed by atoms with Crippen LogP contribution in [0.2, 0.25) is 0 Å². The molecule has 2 atom stereocenters. The van der Waals surface area contributed by atoms with Crippen LogP contribution in [-0.2, 0) is 4.74 Å². The maximum atomic E-state index is 5.34. The Morgan fingerprint density at radius 2 is 2.53 bits per heavy atom. The van der Waals surface area contributed by atoms with Crippen LogP contribution in [0.25, 0.3) is 0 Å². The molecule has 15 heavy (non-hydrogen) atoms. The van der Waals surface area contributed by atoms with Gasteiger partial charge in [0.15, 0.2) is 0 Å². The maximum absolute atomic E-state index is 5.34. The Bertz CT molecular complexity index is 265. The molecule has 0 saturated carbocycles. The minimum Gasteiger partial charge on any atom is -0.472 e. The lowest BCUT2D eigenvalue weighted by atomic mass is 10.0. The smallest absolute Gasteiger partial charge is 0.0950 e. The molecule has 3 nitrogen and oxygen atoms in total. The lowest BCUT2D eigenvalue weighted by Gasteiger charge is -2.13. The van der Waals surface area contributed by atoms with Gasteiger partial charge in [0.1, 0.15) is 0 Å². The molecule has 0 radical (unpaired) electrons. The van der Waals surface area contributed by atoms with Crippen molar-refractivity contribution in [1.29, 1.82) is 0 Å². The molecule has 1 aromatic rings. The van der Waals surface area contributed by atoms with Gasteiger partial charge in [0, 0.05) is 24.8 Å². The Kier molecular flexibility index (Phi) is 3.80. The van der Waals surface area contributed by atoms with Gasteiger partial charge in [-0.2, -0.15) is 0 Å². The van der Waals surface area contributed by atoms with Gasteiger partial charge in [-0.1, -0.05) is 0 Å². The van der Waals surface area contributed by atoms with Crippen molar-refractivity contribution in [2.45, 2.75) is 25.8 Å². The molecular weight excluding hydrogens is 190 g/mol. The molecule has 1 fully saturated rings. The maximum Gasteiger partial charge on any atom is 0.0950 e. The Morgan fingerprint density at radius 3 is 3.20 bits per heavy atom. The predicted octanol–water partition coefficient (Wildman–Crippen LogP) is 2.36. The summed E-state index contributed by atoms with van der Waals surface area (Å²) in [4.78, 5) is 0. The van der Waals surface area contributed by atoms with E-state index in [-0.39, 0.29) is 0 Å². The molecule has 0 aliphatic carbocycles. The molecule has 3 heteroatoms. The van der Waals surface area contributed by atoms with Crippen LogP contribution in [0, 0.1) is 5.92 Å². The number of furan rings is 1. The van der Waals surface area contributed by atoms with Crippen LogP contribution < -0.4 is 5.32 Å². The summed E-state index contributed by atoms with van der Waals surface area (Å²) in [5.41, 5.74) is 1.22. The van der Waals surface area contributed by atoms with E-state index in [0.29, 0.717) is 6.04 Å². The zero-order valence-electron chi connectivity index (χ0n) is 9.24. The molecule has 1 saturated heterocycles. The van der Waals surface area contributed by atoms with Crippen LogP contribution in [0.4, 0.5) is 0 Å². The van der Waals surface area contributed by atoms with E-state index in [1.165, 1.54) is 18.4 Å². The fourth-order valence-corrected chi connectivity index (χ4v) is 1.95. The summed E-state index contributed by atoms with van der Waals surface area (Å²) in [5, 5.41) is 3.50. The Labute approximate surface area is 90.8 Å². The van der Waals surface area contributed by atoms with E-state index in [1.807, 2.05) is 6.07 Å². The van der Waals surface area contributed by atoms with E-state index in [0.717, 1.165) is 25.7 Å². The molecule has 84 valence electrons. The number of ether oxygens (including phenoxy) is 1. The van der Waals surface area contributed by atoms with Gasteiger partial charge in [-0.05, 0) is 38.3 Å². The normalized spacial score (nSPS) is 23.1. The standard InChI is InChI=1S/C12H19NO2/c1-10(12-4-7-15-9-12)13-5-2-11-3-6-14-8-11/h4,7,9-11,13H,2-3,5-6,8H2,1H3. The third-order valence-electron chi connectivity index (χ3n) is 3.07. The Balaban J connectivity index is 1.65. The second-order valence-electron chi connectivity index (χ2n) is 4.25. The Hall–Kier alpha value is -0.800. The van der Waals surface area contributed by atoms with Crippen molar-refractivity contribution in [3.63, 3.8) is 0 Å². The van der Waals surface area contributed by atoms with Crippen molar-refractivity contribution in [2.75, 3.05) is 19.8 Å². The first kappa shape index (κ1) is 10.7. The zero-order valence-corrected chi connectivity index (χ0v) is 9.24. The highest BCUT2D eigenvalue weighted by molar-refractivity contribution is 5.09. The largest absolute Gasteiger partial charge is 0.472 e. The fourth-order valence-electron chi connectivity index (χ4n) is 1.95. The monoisotopic (exact) mass is 209 g/mol. The van der Waals surface area contributed by atoms with E-state index >= 15 is 0 Å². The third-order valence-corrected chi connectivity index (χ3v) is 3.07. The van der Waals surface area contributed by atoms with Crippen LogP contribution in [0.15, 0.2) is 23.0 Å². The summed E-state index contributed by atoms with van der Waals surface area (Å²) in [6.45, 7) is 5.11. The molecule has 1 N–H and O–H groups in total. The first-order valence-electron chi connectivity index (χ1n) is 5.69. The molecule has 0 spiro atoms. The quantitative estimate of drug-likeness (QED) is 0.808. The summed E-state index contributed by atoms with van der Waals surface area (Å²) in [7, 11) is 0. The van der Waals surface area contributed by atoms with E-state index in [4.69, 9.17) is 9.15 Å². The summed E-state index contributed by atoms with van der Waals surface area (Å²) >= 11 is 0. The van der Waals surface area contributed by atoms with Crippen molar-refractivity contribution >= 4 is 0 Å². The average Bonchev–Trinajstić information content (AvgIpc) is 2.90. The zero-order chi connectivity index (χ0) is 10.5. The lowest BCUT2D eigenvalue weighted by molar-refractivity contribution is 0.184. The molecule has 1 aliphatic heterocycles. The minimum absolute atomic E-state index is 0.381. The first-order valence-corrected chi connectivity index (χ1v) is 5.69. The van der Waals surface area contributed by atoms with Gasteiger partial charge in [0.25, 0.3) is 0 Å². The number of hydrogen-bond acceptors (Lipinski definition) is 3. The summed E-state index contributed by atoms with van der Waals surface area (Å²) in [5.74, 6) is 0.758. The van der Waals surface area contributed by atoms with E-state index in [1.54, 1.807) is 12.5 Å². The van der Waals surface area contributed by atoms with E-state index in [9.17, 15) is 0 Å². The van der Waals surface area contributed by atoms with Gasteiger partial charge in [-0.3, -0.25) is 0 Å². The summed E-state index contributed by atoms with van der Waals surface area (Å²) < 4.78 is 10.4. The lowest BCUT2D eigenvalue weighted by Crippen LogP contribution is -2.21. The van der Waals surface area contributed by atoms with Gasteiger partial charge < -0.3 is 14.5 Å². The summed E-state index contributed by atoms with van der Waals surface area (Å²) in [6, 6.07) is 2.39. The molecule has 0 bridgehead atoms. The Morgan fingerprint density at radius 1 is 1.60 bits per heavy atom. The molecule has 0 amide bonds. The first-order chi connectivity index (χ1) is 7.36. The van der Waals surface area contributed by atoms with Crippen LogP contribution >= 0.6 is 0 Å². The molecule has 2 unspecified atom stereocenters. The number of hydrogen-bond donors (Lipinski definition) is 1. The van der Waals surface area contributed by atoms with E-state index < -0.39 is 0 Å². The average molecular weight is 209 g/mol. The molecule has 1 aromatic heterocycles. The van der Waals surface area contributed by atoms with Crippen LogP contribution in [-0.4, -0.2) is 19.8 Å². The van der Waals surface area contributed by atoms with Gasteiger partial charge in [-0.25, -0.2) is 0 Å².